The van der Waals surface area contributed by atoms with Crippen molar-refractivity contribution >= 4 is 53.9 Å². The summed E-state index contributed by atoms with van der Waals surface area (Å²) >= 11 is 4.70. The lowest BCUT2D eigenvalue weighted by Crippen LogP contribution is -2.15. The molecule has 0 bridgehead atoms. The minimum absolute atomic E-state index is 0.154. The van der Waals surface area contributed by atoms with Gasteiger partial charge in [0.1, 0.15) is 0 Å². The first-order valence-corrected chi connectivity index (χ1v) is 8.94. The Morgan fingerprint density at radius 1 is 1.16 bits per heavy atom. The molecule has 1 aliphatic heterocycles. The number of nitrogens with one attached hydrogen (secondary N) is 1. The number of anilines is 2. The second-order valence-electron chi connectivity index (χ2n) is 5.37. The molecule has 124 valence electrons. The van der Waals surface area contributed by atoms with Gasteiger partial charge in [0.05, 0.1) is 10.9 Å². The van der Waals surface area contributed by atoms with Crippen LogP contribution in [0.2, 0.25) is 0 Å². The summed E-state index contributed by atoms with van der Waals surface area (Å²) in [6.07, 6.45) is 0. The van der Waals surface area contributed by atoms with E-state index in [2.05, 4.69) is 31.3 Å². The van der Waals surface area contributed by atoms with Gasteiger partial charge < -0.3 is 14.8 Å². The molecule has 25 heavy (non-hydrogen) atoms. The average Bonchev–Trinajstić information content (AvgIpc) is 3.22. The summed E-state index contributed by atoms with van der Waals surface area (Å²) in [5.74, 6) is 1.15. The molecule has 0 spiro atoms. The molecule has 4 aromatic rings. The highest BCUT2D eigenvalue weighted by Gasteiger charge is 2.18. The Kier molecular flexibility index (Phi) is 3.19. The van der Waals surface area contributed by atoms with Gasteiger partial charge in [0, 0.05) is 16.2 Å². The van der Waals surface area contributed by atoms with E-state index in [0.717, 1.165) is 10.2 Å². The van der Waals surface area contributed by atoms with Gasteiger partial charge >= 0.3 is 0 Å². The minimum Gasteiger partial charge on any atom is -0.454 e. The lowest BCUT2D eigenvalue weighted by atomic mass is 10.2. The van der Waals surface area contributed by atoms with Crippen LogP contribution in [-0.2, 0) is 0 Å². The second kappa shape index (κ2) is 5.43. The fourth-order valence-corrected chi connectivity index (χ4v) is 3.69. The molecule has 1 N–H and O–H groups in total. The molecule has 0 radical (unpaired) electrons. The van der Waals surface area contributed by atoms with Crippen molar-refractivity contribution < 1.29 is 9.47 Å². The molecule has 0 fully saturated rings. The lowest BCUT2D eigenvalue weighted by Gasteiger charge is -2.00. The summed E-state index contributed by atoms with van der Waals surface area (Å²) in [4.78, 5) is 17.8. The Morgan fingerprint density at radius 2 is 1.92 bits per heavy atom. The summed E-state index contributed by atoms with van der Waals surface area (Å²) in [5, 5.41) is 8.56. The molecule has 2 aromatic carbocycles. The zero-order valence-corrected chi connectivity index (χ0v) is 14.9. The predicted molar refractivity (Wildman–Crippen MR) is 98.2 cm³/mol. The molecule has 3 heterocycles. The van der Waals surface area contributed by atoms with E-state index in [4.69, 9.17) is 9.47 Å². The molecule has 0 amide bonds. The Morgan fingerprint density at radius 3 is 2.72 bits per heavy atom. The van der Waals surface area contributed by atoms with E-state index in [0.29, 0.717) is 32.5 Å². The van der Waals surface area contributed by atoms with Crippen LogP contribution in [-0.4, -0.2) is 21.4 Å². The van der Waals surface area contributed by atoms with Gasteiger partial charge in [0.15, 0.2) is 11.5 Å². The Bertz CT molecular complexity index is 1190. The Labute approximate surface area is 153 Å². The van der Waals surface area contributed by atoms with Gasteiger partial charge in [-0.25, -0.2) is 4.98 Å². The second-order valence-corrected chi connectivity index (χ2v) is 7.24. The lowest BCUT2D eigenvalue weighted by molar-refractivity contribution is 0.174. The van der Waals surface area contributed by atoms with E-state index in [9.17, 15) is 4.79 Å². The molecular formula is C16H9BrN4O3S. The van der Waals surface area contributed by atoms with E-state index >= 15 is 0 Å². The van der Waals surface area contributed by atoms with Crippen molar-refractivity contribution in [1.29, 1.82) is 0 Å². The summed E-state index contributed by atoms with van der Waals surface area (Å²) in [7, 11) is 0. The van der Waals surface area contributed by atoms with Crippen LogP contribution in [0.15, 0.2) is 45.7 Å². The molecule has 0 saturated carbocycles. The summed E-state index contributed by atoms with van der Waals surface area (Å²) in [6.45, 7) is 0.154. The Balaban J connectivity index is 1.64. The van der Waals surface area contributed by atoms with Crippen LogP contribution < -0.4 is 20.3 Å². The van der Waals surface area contributed by atoms with E-state index in [1.807, 2.05) is 24.3 Å². The average molecular weight is 417 g/mol. The number of ether oxygens (including phenoxy) is 2. The zero-order valence-electron chi connectivity index (χ0n) is 12.5. The first kappa shape index (κ1) is 14.7. The van der Waals surface area contributed by atoms with Crippen molar-refractivity contribution in [3.8, 4) is 11.5 Å². The van der Waals surface area contributed by atoms with Crippen molar-refractivity contribution in [1.82, 2.24) is 14.6 Å². The maximum Gasteiger partial charge on any atom is 0.283 e. The number of rotatable bonds is 2. The third kappa shape index (κ3) is 2.43. The highest BCUT2D eigenvalue weighted by Crippen LogP contribution is 2.35. The van der Waals surface area contributed by atoms with Crippen LogP contribution in [0, 0.1) is 0 Å². The van der Waals surface area contributed by atoms with Crippen molar-refractivity contribution in [2.45, 2.75) is 0 Å². The van der Waals surface area contributed by atoms with E-state index < -0.39 is 0 Å². The van der Waals surface area contributed by atoms with Crippen LogP contribution in [0.1, 0.15) is 0 Å². The SMILES string of the molecule is O=c1c2cc3c(cc2nc2sc(Nc4ccc(Br)cc4)nn12)OCO3. The number of halogens is 1. The first-order chi connectivity index (χ1) is 12.2. The standard InChI is InChI=1S/C16H9BrN4O3S/c17-8-1-3-9(4-2-8)18-15-20-21-14(22)10-5-12-13(24-7-23-12)6-11(10)19-16(21)25-15/h1-6H,7H2,(H,18,20). The monoisotopic (exact) mass is 416 g/mol. The molecule has 0 atom stereocenters. The molecule has 7 nitrogen and oxygen atoms in total. The number of hydrogen-bond donors (Lipinski definition) is 1. The van der Waals surface area contributed by atoms with Crippen LogP contribution in [0.5, 0.6) is 11.5 Å². The molecule has 9 heteroatoms. The summed E-state index contributed by atoms with van der Waals surface area (Å²) in [6, 6.07) is 11.1. The van der Waals surface area contributed by atoms with E-state index in [1.54, 1.807) is 12.1 Å². The first-order valence-electron chi connectivity index (χ1n) is 7.33. The van der Waals surface area contributed by atoms with Gasteiger partial charge in [0.25, 0.3) is 5.56 Å². The van der Waals surface area contributed by atoms with E-state index in [1.165, 1.54) is 15.9 Å². The maximum absolute atomic E-state index is 12.7. The minimum atomic E-state index is -0.238. The topological polar surface area (TPSA) is 77.8 Å². The van der Waals surface area contributed by atoms with Crippen molar-refractivity contribution in [2.24, 2.45) is 0 Å². The van der Waals surface area contributed by atoms with Crippen molar-refractivity contribution in [2.75, 3.05) is 12.1 Å². The van der Waals surface area contributed by atoms with Gasteiger partial charge in [-0.3, -0.25) is 4.79 Å². The number of benzene rings is 2. The van der Waals surface area contributed by atoms with Gasteiger partial charge in [-0.15, -0.1) is 5.10 Å². The van der Waals surface area contributed by atoms with Crippen molar-refractivity contribution in [3.05, 3.63) is 51.2 Å². The fourth-order valence-electron chi connectivity index (χ4n) is 2.61. The van der Waals surface area contributed by atoms with Gasteiger partial charge in [-0.05, 0) is 30.3 Å². The molecule has 0 saturated heterocycles. The summed E-state index contributed by atoms with van der Waals surface area (Å²) < 4.78 is 13.0. The third-order valence-electron chi connectivity index (χ3n) is 3.79. The van der Waals surface area contributed by atoms with Crippen LogP contribution in [0.25, 0.3) is 15.9 Å². The number of nitrogens with zero attached hydrogens (tertiary/aromatic N) is 3. The molecular weight excluding hydrogens is 408 g/mol. The van der Waals surface area contributed by atoms with Gasteiger partial charge in [-0.1, -0.05) is 27.3 Å². The highest BCUT2D eigenvalue weighted by atomic mass is 79.9. The van der Waals surface area contributed by atoms with Gasteiger partial charge in [0.2, 0.25) is 16.9 Å². The van der Waals surface area contributed by atoms with Crippen LogP contribution in [0.4, 0.5) is 10.8 Å². The quantitative estimate of drug-likeness (QED) is 0.538. The normalized spacial score (nSPS) is 12.8. The van der Waals surface area contributed by atoms with Crippen LogP contribution >= 0.6 is 27.3 Å². The largest absolute Gasteiger partial charge is 0.454 e. The van der Waals surface area contributed by atoms with Gasteiger partial charge in [-0.2, -0.15) is 4.52 Å². The fraction of sp³-hybridized carbons (Fsp3) is 0.0625. The number of aromatic nitrogens is 3. The molecule has 2 aromatic heterocycles. The summed E-state index contributed by atoms with van der Waals surface area (Å²) in [5.41, 5.74) is 1.20. The van der Waals surface area contributed by atoms with Crippen molar-refractivity contribution in [3.63, 3.8) is 0 Å². The molecule has 5 rings (SSSR count). The molecule has 0 aliphatic carbocycles. The van der Waals surface area contributed by atoms with E-state index in [-0.39, 0.29) is 12.4 Å². The Hall–Kier alpha value is -2.65. The smallest absolute Gasteiger partial charge is 0.283 e. The van der Waals surface area contributed by atoms with Crippen LogP contribution in [0.3, 0.4) is 0 Å². The third-order valence-corrected chi connectivity index (χ3v) is 5.14. The predicted octanol–water partition coefficient (Wildman–Crippen LogP) is 3.54. The number of hydrogen-bond acceptors (Lipinski definition) is 7. The molecule has 1 aliphatic rings. The molecule has 0 unspecified atom stereocenters. The zero-order chi connectivity index (χ0) is 17.0. The number of fused-ring (bicyclic) bond motifs is 3. The highest BCUT2D eigenvalue weighted by molar-refractivity contribution is 9.10. The maximum atomic E-state index is 12.7.